The van der Waals surface area contributed by atoms with Crippen LogP contribution < -0.4 is 5.32 Å². The van der Waals surface area contributed by atoms with Gasteiger partial charge in [-0.05, 0) is 11.4 Å². The van der Waals surface area contributed by atoms with Crippen molar-refractivity contribution < 1.29 is 19.1 Å². The predicted molar refractivity (Wildman–Crippen MR) is 107 cm³/mol. The number of carbonyl (C=O) groups is 3. The van der Waals surface area contributed by atoms with E-state index in [0.717, 1.165) is 0 Å². The number of ketones is 1. The molecule has 0 saturated carbocycles. The number of ether oxygens (including phenoxy) is 1. The molecule has 5 nitrogen and oxygen atoms in total. The maximum Gasteiger partial charge on any atom is 0.308 e. The molecule has 3 rings (SSSR count). The molecule has 1 N–H and O–H groups in total. The third-order valence-corrected chi connectivity index (χ3v) is 4.73. The highest BCUT2D eigenvalue weighted by Crippen LogP contribution is 2.23. The lowest BCUT2D eigenvalue weighted by Gasteiger charge is -2.17. The van der Waals surface area contributed by atoms with Crippen LogP contribution in [0, 0.1) is 0 Å². The quantitative estimate of drug-likeness (QED) is 0.463. The third-order valence-electron chi connectivity index (χ3n) is 4.05. The van der Waals surface area contributed by atoms with E-state index in [2.05, 4.69) is 5.32 Å². The number of rotatable bonds is 8. The molecule has 1 heterocycles. The fourth-order valence-electron chi connectivity index (χ4n) is 2.62. The lowest BCUT2D eigenvalue weighted by atomic mass is 10.00. The van der Waals surface area contributed by atoms with Crippen molar-refractivity contribution in [2.45, 2.75) is 12.5 Å². The summed E-state index contributed by atoms with van der Waals surface area (Å²) in [5.74, 6) is -1.08. The van der Waals surface area contributed by atoms with Gasteiger partial charge in [0.1, 0.15) is 0 Å². The summed E-state index contributed by atoms with van der Waals surface area (Å²) in [6.45, 7) is 0.133. The number of Topliss-reactive ketones (excluding diaryl/α,β-unsaturated/α-hetero) is 1. The Morgan fingerprint density at radius 3 is 2.21 bits per heavy atom. The number of benzene rings is 2. The summed E-state index contributed by atoms with van der Waals surface area (Å²) in [4.78, 5) is 37.1. The Kier molecular flexibility index (Phi) is 6.70. The molecule has 0 bridgehead atoms. The predicted octanol–water partition coefficient (Wildman–Crippen LogP) is 4.04. The van der Waals surface area contributed by atoms with Gasteiger partial charge in [0.15, 0.2) is 6.10 Å². The molecule has 0 saturated heterocycles. The van der Waals surface area contributed by atoms with Crippen LogP contribution in [-0.4, -0.2) is 24.2 Å². The minimum absolute atomic E-state index is 0.0265. The first kappa shape index (κ1) is 19.5. The summed E-state index contributed by atoms with van der Waals surface area (Å²) in [5, 5.41) is 6.21. The van der Waals surface area contributed by atoms with Crippen LogP contribution in [0.25, 0.3) is 0 Å². The molecular weight excluding hydrogens is 374 g/mol. The standard InChI is InChI=1S/C22H19NO4S/c24-19(11-13-23-22(26)18-12-14-28-15-18)27-21(17-9-5-2-6-10-17)20(25)16-7-3-1-4-8-16/h1-10,12,14-15,21H,11,13H2,(H,23,26). The SMILES string of the molecule is O=C(CCNC(=O)c1ccsc1)OC(C(=O)c1ccccc1)c1ccccc1. The number of carbonyl (C=O) groups excluding carboxylic acids is 3. The summed E-state index contributed by atoms with van der Waals surface area (Å²) < 4.78 is 5.49. The van der Waals surface area contributed by atoms with Gasteiger partial charge in [0.25, 0.3) is 5.91 Å². The Balaban J connectivity index is 1.63. The van der Waals surface area contributed by atoms with Crippen molar-refractivity contribution >= 4 is 29.0 Å². The molecule has 28 heavy (non-hydrogen) atoms. The van der Waals surface area contributed by atoms with Crippen molar-refractivity contribution in [2.24, 2.45) is 0 Å². The topological polar surface area (TPSA) is 72.5 Å². The lowest BCUT2D eigenvalue weighted by molar-refractivity contribution is -0.147. The van der Waals surface area contributed by atoms with E-state index in [4.69, 9.17) is 4.74 Å². The zero-order valence-corrected chi connectivity index (χ0v) is 15.9. The Hall–Kier alpha value is -3.25. The summed E-state index contributed by atoms with van der Waals surface area (Å²) in [6.07, 6.45) is -1.05. The van der Waals surface area contributed by atoms with Crippen LogP contribution in [-0.2, 0) is 9.53 Å². The average Bonchev–Trinajstić information content (AvgIpc) is 3.28. The van der Waals surface area contributed by atoms with Gasteiger partial charge >= 0.3 is 5.97 Å². The number of esters is 1. The molecule has 1 unspecified atom stereocenters. The number of hydrogen-bond donors (Lipinski definition) is 1. The Morgan fingerprint density at radius 2 is 1.57 bits per heavy atom. The van der Waals surface area contributed by atoms with Gasteiger partial charge in [-0.25, -0.2) is 0 Å². The highest BCUT2D eigenvalue weighted by molar-refractivity contribution is 7.08. The Labute approximate surface area is 167 Å². The minimum atomic E-state index is -1.02. The van der Waals surface area contributed by atoms with E-state index in [9.17, 15) is 14.4 Å². The molecule has 0 spiro atoms. The zero-order chi connectivity index (χ0) is 19.8. The van der Waals surface area contributed by atoms with Crippen molar-refractivity contribution in [1.29, 1.82) is 0 Å². The maximum atomic E-state index is 12.9. The monoisotopic (exact) mass is 393 g/mol. The molecule has 1 amide bonds. The van der Waals surface area contributed by atoms with Crippen molar-refractivity contribution in [2.75, 3.05) is 6.54 Å². The number of hydrogen-bond acceptors (Lipinski definition) is 5. The zero-order valence-electron chi connectivity index (χ0n) is 15.0. The van der Waals surface area contributed by atoms with Crippen molar-refractivity contribution in [3.63, 3.8) is 0 Å². The first-order chi connectivity index (χ1) is 13.6. The van der Waals surface area contributed by atoms with E-state index in [1.807, 2.05) is 17.5 Å². The van der Waals surface area contributed by atoms with Gasteiger partial charge in [-0.3, -0.25) is 14.4 Å². The second-order valence-electron chi connectivity index (χ2n) is 6.03. The number of thiophene rings is 1. The van der Waals surface area contributed by atoms with Crippen LogP contribution in [0.4, 0.5) is 0 Å². The van der Waals surface area contributed by atoms with Gasteiger partial charge in [0.2, 0.25) is 5.78 Å². The summed E-state index contributed by atoms with van der Waals surface area (Å²) in [6, 6.07) is 19.3. The Morgan fingerprint density at radius 1 is 0.893 bits per heavy atom. The summed E-state index contributed by atoms with van der Waals surface area (Å²) in [5.41, 5.74) is 1.63. The second kappa shape index (κ2) is 9.62. The van der Waals surface area contributed by atoms with Gasteiger partial charge in [-0.2, -0.15) is 11.3 Å². The lowest BCUT2D eigenvalue weighted by Crippen LogP contribution is -2.27. The van der Waals surface area contributed by atoms with E-state index < -0.39 is 12.1 Å². The smallest absolute Gasteiger partial charge is 0.308 e. The van der Waals surface area contributed by atoms with Crippen LogP contribution in [0.1, 0.15) is 38.8 Å². The van der Waals surface area contributed by atoms with E-state index in [0.29, 0.717) is 16.7 Å². The molecule has 0 aliphatic carbocycles. The molecule has 6 heteroatoms. The van der Waals surface area contributed by atoms with Crippen molar-refractivity contribution in [3.05, 3.63) is 94.2 Å². The highest BCUT2D eigenvalue weighted by Gasteiger charge is 2.25. The Bertz CT molecular complexity index is 924. The molecule has 0 fully saturated rings. The van der Waals surface area contributed by atoms with Crippen molar-refractivity contribution in [1.82, 2.24) is 5.32 Å². The van der Waals surface area contributed by atoms with Gasteiger partial charge in [0.05, 0.1) is 6.42 Å². The maximum absolute atomic E-state index is 12.9. The molecule has 3 aromatic rings. The molecule has 1 atom stereocenters. The van der Waals surface area contributed by atoms with Crippen LogP contribution in [0.3, 0.4) is 0 Å². The first-order valence-corrected chi connectivity index (χ1v) is 9.73. The molecule has 0 aliphatic rings. The molecule has 0 aliphatic heterocycles. The van der Waals surface area contributed by atoms with Crippen LogP contribution in [0.5, 0.6) is 0 Å². The van der Waals surface area contributed by atoms with Crippen LogP contribution in [0.2, 0.25) is 0 Å². The number of nitrogens with one attached hydrogen (secondary N) is 1. The van der Waals surface area contributed by atoms with E-state index >= 15 is 0 Å². The number of amides is 1. The molecule has 0 radical (unpaired) electrons. The van der Waals surface area contributed by atoms with Gasteiger partial charge in [0, 0.05) is 28.6 Å². The third kappa shape index (κ3) is 5.14. The fourth-order valence-corrected chi connectivity index (χ4v) is 3.25. The first-order valence-electron chi connectivity index (χ1n) is 8.79. The van der Waals surface area contributed by atoms with Crippen LogP contribution >= 0.6 is 11.3 Å². The van der Waals surface area contributed by atoms with E-state index in [1.54, 1.807) is 60.0 Å². The average molecular weight is 393 g/mol. The molecule has 2 aromatic carbocycles. The minimum Gasteiger partial charge on any atom is -0.449 e. The second-order valence-corrected chi connectivity index (χ2v) is 6.81. The fraction of sp³-hybridized carbons (Fsp3) is 0.136. The largest absolute Gasteiger partial charge is 0.449 e. The molecule has 1 aromatic heterocycles. The van der Waals surface area contributed by atoms with E-state index in [-0.39, 0.29) is 24.7 Å². The van der Waals surface area contributed by atoms with Gasteiger partial charge < -0.3 is 10.1 Å². The molecular formula is C22H19NO4S. The summed E-state index contributed by atoms with van der Waals surface area (Å²) >= 11 is 1.42. The summed E-state index contributed by atoms with van der Waals surface area (Å²) in [7, 11) is 0. The molecule has 142 valence electrons. The van der Waals surface area contributed by atoms with E-state index in [1.165, 1.54) is 11.3 Å². The van der Waals surface area contributed by atoms with Gasteiger partial charge in [-0.1, -0.05) is 60.7 Å². The van der Waals surface area contributed by atoms with Crippen LogP contribution in [0.15, 0.2) is 77.5 Å². The van der Waals surface area contributed by atoms with Gasteiger partial charge in [-0.15, -0.1) is 0 Å². The van der Waals surface area contributed by atoms with Crippen molar-refractivity contribution in [3.8, 4) is 0 Å². The highest BCUT2D eigenvalue weighted by atomic mass is 32.1. The normalized spacial score (nSPS) is 11.4.